The Morgan fingerprint density at radius 1 is 1.04 bits per heavy atom. The first-order valence-electron chi connectivity index (χ1n) is 6.56. The second-order valence-corrected chi connectivity index (χ2v) is 6.68. The summed E-state index contributed by atoms with van der Waals surface area (Å²) >= 11 is 0. The van der Waals surface area contributed by atoms with Crippen LogP contribution in [0.2, 0.25) is 0 Å². The minimum atomic E-state index is -4.91. The number of hydrogen-bond acceptors (Lipinski definition) is 4. The number of alkyl halides is 3. The van der Waals surface area contributed by atoms with Crippen LogP contribution in [0.5, 0.6) is 5.75 Å². The maximum Gasteiger partial charge on any atom is 0.573 e. The average Bonchev–Trinajstić information content (AvgIpc) is 2.45. The number of carbonyl (C=O) groups excluding carboxylic acids is 1. The molecule has 24 heavy (non-hydrogen) atoms. The number of carbonyl (C=O) groups is 1. The largest absolute Gasteiger partial charge is 0.573 e. The van der Waals surface area contributed by atoms with Crippen LogP contribution in [0, 0.1) is 0 Å². The number of nitrogens with one attached hydrogen (secondary N) is 1. The first-order chi connectivity index (χ1) is 11.1. The molecule has 1 amide bonds. The number of amides is 1. The lowest BCUT2D eigenvalue weighted by atomic mass is 10.3. The molecule has 1 N–H and O–H groups in total. The summed E-state index contributed by atoms with van der Waals surface area (Å²) in [5, 5.41) is 2.48. The van der Waals surface area contributed by atoms with Crippen molar-refractivity contribution in [2.75, 3.05) is 5.32 Å². The molecule has 2 aromatic rings. The predicted octanol–water partition coefficient (Wildman–Crippen LogP) is 3.38. The van der Waals surface area contributed by atoms with Gasteiger partial charge in [0.15, 0.2) is 0 Å². The number of benzene rings is 2. The summed E-state index contributed by atoms with van der Waals surface area (Å²) in [6.45, 7) is 1.30. The molecule has 0 aliphatic carbocycles. The first-order valence-corrected chi connectivity index (χ1v) is 8.05. The summed E-state index contributed by atoms with van der Waals surface area (Å²) < 4.78 is 65.4. The van der Waals surface area contributed by atoms with E-state index in [0.717, 1.165) is 18.2 Å². The minimum absolute atomic E-state index is 0.124. The molecule has 0 fully saturated rings. The molecule has 5 nitrogen and oxygen atoms in total. The van der Waals surface area contributed by atoms with Gasteiger partial charge in [-0.3, -0.25) is 4.79 Å². The Morgan fingerprint density at radius 3 is 2.21 bits per heavy atom. The van der Waals surface area contributed by atoms with Crippen LogP contribution in [0.4, 0.5) is 18.9 Å². The van der Waals surface area contributed by atoms with Gasteiger partial charge in [0.25, 0.3) is 0 Å². The predicted molar refractivity (Wildman–Crippen MR) is 79.3 cm³/mol. The minimum Gasteiger partial charge on any atom is -0.406 e. The normalized spacial score (nSPS) is 11.8. The summed E-state index contributed by atoms with van der Waals surface area (Å²) in [5.41, 5.74) is 0.399. The third-order valence-corrected chi connectivity index (χ3v) is 4.60. The molecule has 0 radical (unpaired) electrons. The van der Waals surface area contributed by atoms with Crippen LogP contribution >= 0.6 is 0 Å². The Morgan fingerprint density at radius 2 is 1.67 bits per heavy atom. The molecule has 0 aromatic heterocycles. The molecule has 0 heterocycles. The van der Waals surface area contributed by atoms with Gasteiger partial charge in [0.05, 0.1) is 9.79 Å². The molecular formula is C15H12F3NO4S. The second kappa shape index (κ2) is 6.52. The fourth-order valence-corrected chi connectivity index (χ4v) is 3.19. The van der Waals surface area contributed by atoms with Crippen molar-refractivity contribution in [1.29, 1.82) is 0 Å². The Bertz CT molecular complexity index is 846. The third-order valence-electron chi connectivity index (χ3n) is 2.83. The zero-order valence-electron chi connectivity index (χ0n) is 12.3. The fraction of sp³-hybridized carbons (Fsp3) is 0.133. The van der Waals surface area contributed by atoms with Gasteiger partial charge in [0.1, 0.15) is 5.75 Å². The maximum absolute atomic E-state index is 12.5. The lowest BCUT2D eigenvalue weighted by Crippen LogP contribution is -2.17. The quantitative estimate of drug-likeness (QED) is 0.908. The summed E-state index contributed by atoms with van der Waals surface area (Å²) in [7, 11) is -4.02. The van der Waals surface area contributed by atoms with E-state index in [0.29, 0.717) is 5.69 Å². The fourth-order valence-electron chi connectivity index (χ4n) is 1.90. The van der Waals surface area contributed by atoms with E-state index in [1.165, 1.54) is 37.3 Å². The highest BCUT2D eigenvalue weighted by molar-refractivity contribution is 7.91. The van der Waals surface area contributed by atoms with Crippen LogP contribution in [0.1, 0.15) is 6.92 Å². The van der Waals surface area contributed by atoms with Crippen LogP contribution in [0.3, 0.4) is 0 Å². The van der Waals surface area contributed by atoms with E-state index >= 15 is 0 Å². The molecule has 0 unspecified atom stereocenters. The van der Waals surface area contributed by atoms with Crippen molar-refractivity contribution in [2.45, 2.75) is 23.1 Å². The van der Waals surface area contributed by atoms with E-state index in [9.17, 15) is 26.4 Å². The molecule has 0 saturated heterocycles. The highest BCUT2D eigenvalue weighted by atomic mass is 32.2. The smallest absolute Gasteiger partial charge is 0.406 e. The van der Waals surface area contributed by atoms with E-state index in [2.05, 4.69) is 10.1 Å². The van der Waals surface area contributed by atoms with Crippen molar-refractivity contribution in [3.8, 4) is 5.75 Å². The summed E-state index contributed by atoms with van der Waals surface area (Å²) in [6, 6.07) is 9.38. The van der Waals surface area contributed by atoms with Gasteiger partial charge < -0.3 is 10.1 Å². The molecule has 0 atom stereocenters. The lowest BCUT2D eigenvalue weighted by molar-refractivity contribution is -0.274. The van der Waals surface area contributed by atoms with Gasteiger partial charge in [0, 0.05) is 12.6 Å². The molecular weight excluding hydrogens is 347 g/mol. The Labute approximate surface area is 136 Å². The van der Waals surface area contributed by atoms with Crippen molar-refractivity contribution >= 4 is 21.4 Å². The molecule has 0 spiro atoms. The number of anilines is 1. The summed E-state index contributed by atoms with van der Waals surface area (Å²) in [6.07, 6.45) is -4.91. The summed E-state index contributed by atoms with van der Waals surface area (Å²) in [5.74, 6) is -0.943. The van der Waals surface area contributed by atoms with E-state index in [4.69, 9.17) is 0 Å². The Kier molecular flexibility index (Phi) is 4.83. The number of sulfone groups is 1. The van der Waals surface area contributed by atoms with Crippen molar-refractivity contribution in [3.63, 3.8) is 0 Å². The van der Waals surface area contributed by atoms with Crippen molar-refractivity contribution in [3.05, 3.63) is 48.5 Å². The standard InChI is InChI=1S/C15H12F3NO4S/c1-10(20)19-11-5-7-13(8-6-11)24(21,22)14-4-2-3-12(9-14)23-15(16,17)18/h2-9H,1H3,(H,19,20). The van der Waals surface area contributed by atoms with E-state index in [1.54, 1.807) is 0 Å². The number of rotatable bonds is 4. The number of hydrogen-bond donors (Lipinski definition) is 1. The van der Waals surface area contributed by atoms with Gasteiger partial charge in [0.2, 0.25) is 15.7 Å². The first kappa shape index (κ1) is 17.8. The van der Waals surface area contributed by atoms with Crippen LogP contribution in [-0.4, -0.2) is 20.7 Å². The van der Waals surface area contributed by atoms with Gasteiger partial charge in [-0.2, -0.15) is 0 Å². The van der Waals surface area contributed by atoms with Crippen LogP contribution < -0.4 is 10.1 Å². The topological polar surface area (TPSA) is 72.5 Å². The molecule has 9 heteroatoms. The molecule has 0 aliphatic heterocycles. The van der Waals surface area contributed by atoms with Gasteiger partial charge in [-0.25, -0.2) is 8.42 Å². The highest BCUT2D eigenvalue weighted by Gasteiger charge is 2.31. The lowest BCUT2D eigenvalue weighted by Gasteiger charge is -2.11. The number of ether oxygens (including phenoxy) is 1. The molecule has 0 saturated carbocycles. The zero-order chi connectivity index (χ0) is 18.0. The average molecular weight is 359 g/mol. The molecule has 2 rings (SSSR count). The van der Waals surface area contributed by atoms with E-state index in [1.807, 2.05) is 0 Å². The highest BCUT2D eigenvalue weighted by Crippen LogP contribution is 2.28. The van der Waals surface area contributed by atoms with Gasteiger partial charge >= 0.3 is 6.36 Å². The number of halogens is 3. The van der Waals surface area contributed by atoms with E-state index in [-0.39, 0.29) is 15.7 Å². The third kappa shape index (κ3) is 4.48. The van der Waals surface area contributed by atoms with Gasteiger partial charge in [-0.15, -0.1) is 13.2 Å². The van der Waals surface area contributed by atoms with Crippen molar-refractivity contribution in [2.24, 2.45) is 0 Å². The molecule has 0 bridgehead atoms. The van der Waals surface area contributed by atoms with Gasteiger partial charge in [-0.05, 0) is 42.5 Å². The maximum atomic E-state index is 12.5. The van der Waals surface area contributed by atoms with Crippen molar-refractivity contribution in [1.82, 2.24) is 0 Å². The van der Waals surface area contributed by atoms with Crippen LogP contribution in [-0.2, 0) is 14.6 Å². The molecule has 128 valence electrons. The van der Waals surface area contributed by atoms with Crippen LogP contribution in [0.25, 0.3) is 0 Å². The Hall–Kier alpha value is -2.55. The van der Waals surface area contributed by atoms with Gasteiger partial charge in [-0.1, -0.05) is 6.07 Å². The Balaban J connectivity index is 2.33. The van der Waals surface area contributed by atoms with Crippen LogP contribution in [0.15, 0.2) is 58.3 Å². The summed E-state index contributed by atoms with van der Waals surface area (Å²) in [4.78, 5) is 10.5. The van der Waals surface area contributed by atoms with Crippen molar-refractivity contribution < 1.29 is 31.1 Å². The molecule has 2 aromatic carbocycles. The monoisotopic (exact) mass is 359 g/mol. The van der Waals surface area contributed by atoms with E-state index < -0.39 is 21.9 Å². The SMILES string of the molecule is CC(=O)Nc1ccc(S(=O)(=O)c2cccc(OC(F)(F)F)c2)cc1. The zero-order valence-corrected chi connectivity index (χ0v) is 13.1. The molecule has 0 aliphatic rings. The second-order valence-electron chi connectivity index (χ2n) is 4.73.